The van der Waals surface area contributed by atoms with Crippen molar-refractivity contribution < 1.29 is 19.0 Å². The molecule has 0 aliphatic carbocycles. The van der Waals surface area contributed by atoms with Gasteiger partial charge in [0.2, 0.25) is 0 Å². The number of hydrogen-bond acceptors (Lipinski definition) is 8. The molecule has 0 spiro atoms. The van der Waals surface area contributed by atoms with E-state index in [1.54, 1.807) is 34.9 Å². The maximum atomic E-state index is 14.0. The predicted molar refractivity (Wildman–Crippen MR) is 171 cm³/mol. The summed E-state index contributed by atoms with van der Waals surface area (Å²) in [6, 6.07) is 21.5. The van der Waals surface area contributed by atoms with Crippen LogP contribution in [0.4, 0.5) is 0 Å². The van der Waals surface area contributed by atoms with Gasteiger partial charge in [-0.2, -0.15) is 0 Å². The smallest absolute Gasteiger partial charge is 0.195 e. The van der Waals surface area contributed by atoms with E-state index in [0.29, 0.717) is 29.6 Å². The van der Waals surface area contributed by atoms with Crippen molar-refractivity contribution in [1.82, 2.24) is 4.90 Å². The molecule has 0 unspecified atom stereocenters. The zero-order valence-corrected chi connectivity index (χ0v) is 25.5. The van der Waals surface area contributed by atoms with Crippen LogP contribution in [0.1, 0.15) is 35.2 Å². The first-order valence-electron chi connectivity index (χ1n) is 13.6. The van der Waals surface area contributed by atoms with E-state index in [1.165, 1.54) is 19.3 Å². The Hall–Kier alpha value is -2.65. The van der Waals surface area contributed by atoms with Crippen LogP contribution in [0.25, 0.3) is 20.5 Å². The fraction of sp³-hybridized carbons (Fsp3) is 0.344. The topological polar surface area (TPSA) is 48.0 Å². The number of ether oxygens (including phenoxy) is 3. The monoisotopic (exact) mass is 593 g/mol. The molecule has 0 bridgehead atoms. The summed E-state index contributed by atoms with van der Waals surface area (Å²) < 4.78 is 18.6. The lowest BCUT2D eigenvalue weighted by molar-refractivity contribution is 0.104. The number of nitrogens with zero attached hydrogens (tertiary/aromatic N) is 1. The molecular formula is C32H35NO4S3. The van der Waals surface area contributed by atoms with Gasteiger partial charge in [0.25, 0.3) is 0 Å². The van der Waals surface area contributed by atoms with Crippen molar-refractivity contribution in [2.24, 2.45) is 0 Å². The SMILES string of the molecule is CSCOc1ccc(-c2sc3cc(OCSC)ccc3c2C(=O)c2ccc(OCCN3CCCCC3)cc2)cc1. The van der Waals surface area contributed by atoms with Crippen molar-refractivity contribution in [2.45, 2.75) is 19.3 Å². The molecule has 40 heavy (non-hydrogen) atoms. The number of likely N-dealkylation sites (tertiary alicyclic amines) is 1. The quantitative estimate of drug-likeness (QED) is 0.115. The van der Waals surface area contributed by atoms with Gasteiger partial charge in [-0.05, 0) is 111 Å². The molecule has 1 aromatic heterocycles. The highest BCUT2D eigenvalue weighted by molar-refractivity contribution is 7.98. The van der Waals surface area contributed by atoms with Gasteiger partial charge in [-0.1, -0.05) is 6.42 Å². The van der Waals surface area contributed by atoms with Gasteiger partial charge in [0.15, 0.2) is 5.78 Å². The molecule has 2 heterocycles. The van der Waals surface area contributed by atoms with Crippen molar-refractivity contribution >= 4 is 50.7 Å². The molecule has 1 aliphatic rings. The summed E-state index contributed by atoms with van der Waals surface area (Å²) in [5.74, 6) is 3.60. The van der Waals surface area contributed by atoms with Gasteiger partial charge in [-0.15, -0.1) is 34.9 Å². The number of benzene rings is 3. The Morgan fingerprint density at radius 3 is 2.12 bits per heavy atom. The summed E-state index contributed by atoms with van der Waals surface area (Å²) >= 11 is 4.88. The molecule has 0 radical (unpaired) electrons. The molecule has 0 N–H and O–H groups in total. The zero-order chi connectivity index (χ0) is 27.7. The molecule has 1 saturated heterocycles. The predicted octanol–water partition coefficient (Wildman–Crippen LogP) is 8.06. The Kier molecular flexibility index (Phi) is 10.3. The summed E-state index contributed by atoms with van der Waals surface area (Å²) in [5.41, 5.74) is 2.35. The van der Waals surface area contributed by atoms with Crippen LogP contribution >= 0.6 is 34.9 Å². The minimum absolute atomic E-state index is 0.00149. The van der Waals surface area contributed by atoms with Crippen LogP contribution in [-0.4, -0.2) is 61.3 Å². The number of thiophene rings is 1. The summed E-state index contributed by atoms with van der Waals surface area (Å²) in [6.45, 7) is 3.91. The van der Waals surface area contributed by atoms with Gasteiger partial charge < -0.3 is 14.2 Å². The van der Waals surface area contributed by atoms with Crippen LogP contribution in [0.15, 0.2) is 66.7 Å². The first-order chi connectivity index (χ1) is 19.7. The zero-order valence-electron chi connectivity index (χ0n) is 23.0. The number of hydrogen-bond donors (Lipinski definition) is 0. The number of thioether (sulfide) groups is 2. The van der Waals surface area contributed by atoms with E-state index in [-0.39, 0.29) is 5.78 Å². The number of piperidine rings is 1. The highest BCUT2D eigenvalue weighted by Crippen LogP contribution is 2.42. The fourth-order valence-corrected chi connectivity index (χ4v) is 6.62. The third kappa shape index (κ3) is 7.16. The molecule has 5 rings (SSSR count). The average molecular weight is 594 g/mol. The molecule has 8 heteroatoms. The van der Waals surface area contributed by atoms with Gasteiger partial charge in [0, 0.05) is 32.6 Å². The number of carbonyl (C=O) groups excluding carboxylic acids is 1. The third-order valence-corrected chi connectivity index (χ3v) is 8.84. The van der Waals surface area contributed by atoms with Crippen LogP contribution < -0.4 is 14.2 Å². The van der Waals surface area contributed by atoms with Gasteiger partial charge in [0.05, 0.1) is 0 Å². The highest BCUT2D eigenvalue weighted by Gasteiger charge is 2.22. The van der Waals surface area contributed by atoms with Gasteiger partial charge >= 0.3 is 0 Å². The van der Waals surface area contributed by atoms with Crippen molar-refractivity contribution in [3.05, 3.63) is 77.9 Å². The van der Waals surface area contributed by atoms with E-state index >= 15 is 0 Å². The van der Waals surface area contributed by atoms with Crippen molar-refractivity contribution in [1.29, 1.82) is 0 Å². The maximum absolute atomic E-state index is 14.0. The molecule has 0 saturated carbocycles. The number of rotatable bonds is 13. The van der Waals surface area contributed by atoms with Gasteiger partial charge in [-0.3, -0.25) is 9.69 Å². The van der Waals surface area contributed by atoms with Crippen LogP contribution in [0, 0.1) is 0 Å². The van der Waals surface area contributed by atoms with Crippen LogP contribution in [0.3, 0.4) is 0 Å². The second-order valence-electron chi connectivity index (χ2n) is 9.69. The molecule has 0 atom stereocenters. The van der Waals surface area contributed by atoms with E-state index in [9.17, 15) is 4.79 Å². The Morgan fingerprint density at radius 1 is 0.800 bits per heavy atom. The summed E-state index contributed by atoms with van der Waals surface area (Å²) in [7, 11) is 0. The number of fused-ring (bicyclic) bond motifs is 1. The maximum Gasteiger partial charge on any atom is 0.195 e. The van der Waals surface area contributed by atoms with E-state index in [0.717, 1.165) is 57.4 Å². The lowest BCUT2D eigenvalue weighted by Gasteiger charge is -2.26. The molecule has 0 amide bonds. The summed E-state index contributed by atoms with van der Waals surface area (Å²) in [4.78, 5) is 17.4. The van der Waals surface area contributed by atoms with Crippen LogP contribution in [0.5, 0.6) is 17.2 Å². The second kappa shape index (κ2) is 14.3. The van der Waals surface area contributed by atoms with E-state index in [4.69, 9.17) is 14.2 Å². The standard InChI is InChI=1S/C32H35NO4S3/c1-38-21-36-26-12-8-24(9-13-26)32-30(28-15-14-27(37-22-39-2)20-29(28)40-32)31(34)23-6-10-25(11-7-23)35-19-18-33-16-4-3-5-17-33/h6-15,20H,3-5,16-19,21-22H2,1-2H3. The molecular weight excluding hydrogens is 559 g/mol. The highest BCUT2D eigenvalue weighted by atomic mass is 32.2. The average Bonchev–Trinajstić information content (AvgIpc) is 3.38. The molecule has 3 aromatic carbocycles. The van der Waals surface area contributed by atoms with E-state index < -0.39 is 0 Å². The minimum atomic E-state index is 0.00149. The number of ketones is 1. The van der Waals surface area contributed by atoms with Crippen molar-refractivity contribution in [3.8, 4) is 27.7 Å². The minimum Gasteiger partial charge on any atom is -0.492 e. The first-order valence-corrected chi connectivity index (χ1v) is 17.2. The Balaban J connectivity index is 1.39. The van der Waals surface area contributed by atoms with E-state index in [2.05, 4.69) is 4.90 Å². The number of carbonyl (C=O) groups is 1. The summed E-state index contributed by atoms with van der Waals surface area (Å²) in [6.07, 6.45) is 7.90. The molecule has 1 aliphatic heterocycles. The normalized spacial score (nSPS) is 13.8. The van der Waals surface area contributed by atoms with Gasteiger partial charge in [-0.25, -0.2) is 0 Å². The first kappa shape index (κ1) is 28.9. The van der Waals surface area contributed by atoms with Crippen molar-refractivity contribution in [3.63, 3.8) is 0 Å². The molecule has 1 fully saturated rings. The third-order valence-electron chi connectivity index (χ3n) is 6.93. The Labute approximate surface area is 249 Å². The summed E-state index contributed by atoms with van der Waals surface area (Å²) in [5, 5.41) is 0.936. The van der Waals surface area contributed by atoms with E-state index in [1.807, 2.05) is 79.2 Å². The Morgan fingerprint density at radius 2 is 1.43 bits per heavy atom. The largest absolute Gasteiger partial charge is 0.492 e. The Bertz CT molecular complexity index is 1400. The van der Waals surface area contributed by atoms with Crippen LogP contribution in [-0.2, 0) is 0 Å². The molecule has 4 aromatic rings. The van der Waals surface area contributed by atoms with Gasteiger partial charge in [0.1, 0.15) is 35.7 Å². The fourth-order valence-electron chi connectivity index (χ4n) is 4.87. The molecule has 5 nitrogen and oxygen atoms in total. The lowest BCUT2D eigenvalue weighted by atomic mass is 9.97. The van der Waals surface area contributed by atoms with Crippen molar-refractivity contribution in [2.75, 3.05) is 50.6 Å². The van der Waals surface area contributed by atoms with Crippen LogP contribution in [0.2, 0.25) is 0 Å². The second-order valence-corrected chi connectivity index (χ2v) is 12.4. The lowest BCUT2D eigenvalue weighted by Crippen LogP contribution is -2.33. The molecule has 210 valence electrons.